The summed E-state index contributed by atoms with van der Waals surface area (Å²) >= 11 is 6.24. The molecule has 1 aliphatic rings. The summed E-state index contributed by atoms with van der Waals surface area (Å²) in [5.74, 6) is 0.778. The third-order valence-corrected chi connectivity index (χ3v) is 4.69. The number of nitrogens with one attached hydrogen (secondary N) is 1. The Hall–Kier alpha value is -2.18. The Bertz CT molecular complexity index is 873. The van der Waals surface area contributed by atoms with Crippen molar-refractivity contribution in [3.8, 4) is 5.69 Å². The SMILES string of the molecule is Cc1ccc(-n2ncc3c(NC[C@@H]4CCCO4)ncnc32)cc1Cl. The van der Waals surface area contributed by atoms with Crippen molar-refractivity contribution in [3.05, 3.63) is 41.3 Å². The van der Waals surface area contributed by atoms with Gasteiger partial charge in [0.1, 0.15) is 12.1 Å². The lowest BCUT2D eigenvalue weighted by atomic mass is 10.2. The van der Waals surface area contributed by atoms with E-state index in [9.17, 15) is 0 Å². The summed E-state index contributed by atoms with van der Waals surface area (Å²) in [6, 6.07) is 5.85. The Balaban J connectivity index is 1.66. The smallest absolute Gasteiger partial charge is 0.168 e. The van der Waals surface area contributed by atoms with Crippen LogP contribution in [-0.4, -0.2) is 39.0 Å². The predicted octanol–water partition coefficient (Wildman–Crippen LogP) is 3.37. The molecule has 0 bridgehead atoms. The fourth-order valence-corrected chi connectivity index (χ4v) is 3.08. The van der Waals surface area contributed by atoms with Crippen molar-refractivity contribution in [1.29, 1.82) is 0 Å². The van der Waals surface area contributed by atoms with Crippen molar-refractivity contribution in [2.24, 2.45) is 0 Å². The molecule has 3 aromatic rings. The molecule has 3 heterocycles. The number of ether oxygens (including phenoxy) is 1. The van der Waals surface area contributed by atoms with Crippen LogP contribution in [0.4, 0.5) is 5.82 Å². The Morgan fingerprint density at radius 3 is 3.08 bits per heavy atom. The number of hydrogen-bond acceptors (Lipinski definition) is 5. The van der Waals surface area contributed by atoms with E-state index >= 15 is 0 Å². The second-order valence-corrected chi connectivity index (χ2v) is 6.37. The first-order chi connectivity index (χ1) is 11.7. The average Bonchev–Trinajstić information content (AvgIpc) is 3.25. The van der Waals surface area contributed by atoms with Crippen molar-refractivity contribution in [1.82, 2.24) is 19.7 Å². The van der Waals surface area contributed by atoms with Crippen molar-refractivity contribution >= 4 is 28.5 Å². The molecule has 6 nitrogen and oxygen atoms in total. The minimum Gasteiger partial charge on any atom is -0.376 e. The van der Waals surface area contributed by atoms with Gasteiger partial charge in [-0.2, -0.15) is 5.10 Å². The molecule has 7 heteroatoms. The molecule has 1 aromatic carbocycles. The molecular formula is C17H18ClN5O. The molecule has 124 valence electrons. The zero-order chi connectivity index (χ0) is 16.5. The standard InChI is InChI=1S/C17H18ClN5O/c1-11-4-5-12(7-15(11)18)23-17-14(9-22-23)16(20-10-21-17)19-8-13-3-2-6-24-13/h4-5,7,9-10,13H,2-3,6,8H2,1H3,(H,19,20,21)/t13-/m0/s1. The topological polar surface area (TPSA) is 64.9 Å². The molecule has 1 saturated heterocycles. The highest BCUT2D eigenvalue weighted by molar-refractivity contribution is 6.31. The summed E-state index contributed by atoms with van der Waals surface area (Å²) < 4.78 is 7.42. The molecule has 1 atom stereocenters. The molecular weight excluding hydrogens is 326 g/mol. The van der Waals surface area contributed by atoms with Crippen LogP contribution in [0.25, 0.3) is 16.7 Å². The van der Waals surface area contributed by atoms with Gasteiger partial charge in [0.05, 0.1) is 23.4 Å². The van der Waals surface area contributed by atoms with Gasteiger partial charge >= 0.3 is 0 Å². The van der Waals surface area contributed by atoms with Gasteiger partial charge in [-0.3, -0.25) is 0 Å². The first-order valence-corrected chi connectivity index (χ1v) is 8.41. The van der Waals surface area contributed by atoms with E-state index in [0.29, 0.717) is 5.02 Å². The van der Waals surface area contributed by atoms with Crippen molar-refractivity contribution in [2.75, 3.05) is 18.5 Å². The third-order valence-electron chi connectivity index (χ3n) is 4.29. The van der Waals surface area contributed by atoms with Crippen LogP contribution in [0, 0.1) is 6.92 Å². The molecule has 0 radical (unpaired) electrons. The van der Waals surface area contributed by atoms with Gasteiger partial charge in [0.15, 0.2) is 5.65 Å². The summed E-state index contributed by atoms with van der Waals surface area (Å²) in [5, 5.41) is 9.41. The minimum atomic E-state index is 0.251. The molecule has 0 saturated carbocycles. The minimum absolute atomic E-state index is 0.251. The normalized spacial score (nSPS) is 17.5. The van der Waals surface area contributed by atoms with Gasteiger partial charge in [-0.05, 0) is 37.5 Å². The van der Waals surface area contributed by atoms with Crippen LogP contribution < -0.4 is 5.32 Å². The molecule has 2 aromatic heterocycles. The van der Waals surface area contributed by atoms with Crippen LogP contribution in [-0.2, 0) is 4.74 Å². The maximum atomic E-state index is 6.24. The zero-order valence-corrected chi connectivity index (χ0v) is 14.1. The van der Waals surface area contributed by atoms with E-state index in [1.807, 2.05) is 25.1 Å². The van der Waals surface area contributed by atoms with Gasteiger partial charge in [-0.25, -0.2) is 14.6 Å². The Morgan fingerprint density at radius 2 is 2.29 bits per heavy atom. The lowest BCUT2D eigenvalue weighted by molar-refractivity contribution is 0.120. The average molecular weight is 344 g/mol. The molecule has 0 unspecified atom stereocenters. The Kier molecular flexibility index (Phi) is 4.08. The molecule has 1 N–H and O–H groups in total. The van der Waals surface area contributed by atoms with Gasteiger partial charge in [0, 0.05) is 18.2 Å². The van der Waals surface area contributed by atoms with E-state index in [4.69, 9.17) is 16.3 Å². The van der Waals surface area contributed by atoms with E-state index in [1.54, 1.807) is 17.2 Å². The van der Waals surface area contributed by atoms with Crippen molar-refractivity contribution < 1.29 is 4.74 Å². The second kappa shape index (κ2) is 6.37. The monoisotopic (exact) mass is 343 g/mol. The quantitative estimate of drug-likeness (QED) is 0.786. The van der Waals surface area contributed by atoms with E-state index in [2.05, 4.69) is 20.4 Å². The molecule has 1 aliphatic heterocycles. The van der Waals surface area contributed by atoms with Crippen LogP contribution in [0.15, 0.2) is 30.7 Å². The van der Waals surface area contributed by atoms with Crippen LogP contribution in [0.5, 0.6) is 0 Å². The summed E-state index contributed by atoms with van der Waals surface area (Å²) in [6.07, 6.45) is 5.79. The lowest BCUT2D eigenvalue weighted by Gasteiger charge is -2.11. The van der Waals surface area contributed by atoms with Crippen molar-refractivity contribution in [3.63, 3.8) is 0 Å². The fraction of sp³-hybridized carbons (Fsp3) is 0.353. The first kappa shape index (κ1) is 15.4. The number of halogens is 1. The molecule has 4 rings (SSSR count). The number of anilines is 1. The lowest BCUT2D eigenvalue weighted by Crippen LogP contribution is -2.19. The van der Waals surface area contributed by atoms with E-state index in [-0.39, 0.29) is 6.10 Å². The van der Waals surface area contributed by atoms with Gasteiger partial charge in [0.2, 0.25) is 0 Å². The number of fused-ring (bicyclic) bond motifs is 1. The van der Waals surface area contributed by atoms with Gasteiger partial charge in [0.25, 0.3) is 0 Å². The number of rotatable bonds is 4. The molecule has 24 heavy (non-hydrogen) atoms. The summed E-state index contributed by atoms with van der Waals surface area (Å²) in [4.78, 5) is 8.73. The van der Waals surface area contributed by atoms with Crippen LogP contribution >= 0.6 is 11.6 Å². The first-order valence-electron chi connectivity index (χ1n) is 8.03. The maximum absolute atomic E-state index is 6.24. The van der Waals surface area contributed by atoms with Gasteiger partial charge in [-0.15, -0.1) is 0 Å². The summed E-state index contributed by atoms with van der Waals surface area (Å²) in [7, 11) is 0. The number of hydrogen-bond donors (Lipinski definition) is 1. The summed E-state index contributed by atoms with van der Waals surface area (Å²) in [6.45, 7) is 3.56. The number of benzene rings is 1. The Labute approximate surface area is 144 Å². The second-order valence-electron chi connectivity index (χ2n) is 5.97. The number of aromatic nitrogens is 4. The Morgan fingerprint density at radius 1 is 1.38 bits per heavy atom. The zero-order valence-electron chi connectivity index (χ0n) is 13.4. The van der Waals surface area contributed by atoms with Gasteiger partial charge in [-0.1, -0.05) is 17.7 Å². The maximum Gasteiger partial charge on any atom is 0.168 e. The molecule has 1 fully saturated rings. The predicted molar refractivity (Wildman–Crippen MR) is 93.9 cm³/mol. The number of nitrogens with zero attached hydrogens (tertiary/aromatic N) is 4. The van der Waals surface area contributed by atoms with Crippen molar-refractivity contribution in [2.45, 2.75) is 25.9 Å². The van der Waals surface area contributed by atoms with E-state index in [1.165, 1.54) is 0 Å². The van der Waals surface area contributed by atoms with E-state index < -0.39 is 0 Å². The highest BCUT2D eigenvalue weighted by Gasteiger charge is 2.17. The largest absolute Gasteiger partial charge is 0.376 e. The van der Waals surface area contributed by atoms with Crippen LogP contribution in [0.1, 0.15) is 18.4 Å². The van der Waals surface area contributed by atoms with E-state index in [0.717, 1.165) is 54.1 Å². The molecule has 0 spiro atoms. The van der Waals surface area contributed by atoms with Crippen LogP contribution in [0.2, 0.25) is 5.02 Å². The summed E-state index contributed by atoms with van der Waals surface area (Å²) in [5.41, 5.74) is 2.66. The fourth-order valence-electron chi connectivity index (χ4n) is 2.90. The highest BCUT2D eigenvalue weighted by atomic mass is 35.5. The highest BCUT2D eigenvalue weighted by Crippen LogP contribution is 2.25. The van der Waals surface area contributed by atoms with Gasteiger partial charge < -0.3 is 10.1 Å². The molecule has 0 amide bonds. The molecule has 0 aliphatic carbocycles. The number of aryl methyl sites for hydroxylation is 1. The van der Waals surface area contributed by atoms with Crippen LogP contribution in [0.3, 0.4) is 0 Å². The third kappa shape index (κ3) is 2.83.